The van der Waals surface area contributed by atoms with E-state index in [2.05, 4.69) is 0 Å². The number of hydrogen-bond acceptors (Lipinski definition) is 7. The molecule has 0 N–H and O–H groups in total. The lowest BCUT2D eigenvalue weighted by molar-refractivity contribution is -0.956. The number of carboxylic acid groups (broad SMARTS) is 1. The van der Waals surface area contributed by atoms with Crippen molar-refractivity contribution < 1.29 is 38.2 Å². The SMILES string of the molecule is CC(=O)OC(Cc1ccccc1)OC(C(=O)OC1CC2CCC(C1)[N+]21CCCC1)(c1ccccc1)c1ccccc1.O=C[O-]. The molecule has 3 unspecified atom stereocenters. The molecule has 3 atom stereocenters. The average Bonchev–Trinajstić information content (AvgIpc) is 3.57. The van der Waals surface area contributed by atoms with E-state index in [1.165, 1.54) is 50.2 Å². The molecule has 2 bridgehead atoms. The first kappa shape index (κ1) is 31.4. The molecule has 44 heavy (non-hydrogen) atoms. The van der Waals surface area contributed by atoms with E-state index < -0.39 is 30.3 Å². The maximum absolute atomic E-state index is 14.7. The second kappa shape index (κ2) is 14.2. The normalized spacial score (nSPS) is 22.3. The van der Waals surface area contributed by atoms with Gasteiger partial charge < -0.3 is 28.6 Å². The number of nitrogens with zero attached hydrogens (tertiary/aromatic N) is 1. The zero-order valence-corrected chi connectivity index (χ0v) is 25.2. The third-order valence-electron chi connectivity index (χ3n) is 9.53. The highest BCUT2D eigenvalue weighted by Crippen LogP contribution is 2.47. The number of hydrogen-bond donors (Lipinski definition) is 0. The number of rotatable bonds is 9. The molecule has 0 radical (unpaired) electrons. The van der Waals surface area contributed by atoms with Crippen LogP contribution in [0, 0.1) is 0 Å². The van der Waals surface area contributed by atoms with Crippen molar-refractivity contribution in [1.82, 2.24) is 0 Å². The zero-order valence-electron chi connectivity index (χ0n) is 25.2. The lowest BCUT2D eigenvalue weighted by Crippen LogP contribution is -2.60. The molecule has 3 saturated heterocycles. The Kier molecular flexibility index (Phi) is 10.1. The van der Waals surface area contributed by atoms with Gasteiger partial charge in [-0.15, -0.1) is 0 Å². The van der Waals surface area contributed by atoms with Gasteiger partial charge in [0.05, 0.1) is 25.2 Å². The molecule has 3 aromatic carbocycles. The molecule has 0 saturated carbocycles. The van der Waals surface area contributed by atoms with Crippen LogP contribution in [0.2, 0.25) is 0 Å². The third-order valence-corrected chi connectivity index (χ3v) is 9.53. The van der Waals surface area contributed by atoms with Crippen molar-refractivity contribution in [2.24, 2.45) is 0 Å². The van der Waals surface area contributed by atoms with Crippen LogP contribution in [0.25, 0.3) is 0 Å². The van der Waals surface area contributed by atoms with Crippen molar-refractivity contribution in [2.45, 2.75) is 81.9 Å². The minimum atomic E-state index is -1.62. The predicted molar refractivity (Wildman–Crippen MR) is 162 cm³/mol. The summed E-state index contributed by atoms with van der Waals surface area (Å²) >= 11 is 0. The topological polar surface area (TPSA) is 102 Å². The van der Waals surface area contributed by atoms with E-state index in [1.54, 1.807) is 0 Å². The first-order chi connectivity index (χ1) is 21.4. The Morgan fingerprint density at radius 2 is 1.34 bits per heavy atom. The number of carbonyl (C=O) groups is 3. The molecule has 1 spiro atoms. The molecule has 0 amide bonds. The first-order valence-electron chi connectivity index (χ1n) is 15.5. The van der Waals surface area contributed by atoms with Crippen molar-refractivity contribution in [3.63, 3.8) is 0 Å². The molecule has 232 valence electrons. The minimum absolute atomic E-state index is 0.166. The molecule has 3 aliphatic rings. The average molecular weight is 600 g/mol. The number of carbonyl (C=O) groups excluding carboxylic acids is 3. The highest BCUT2D eigenvalue weighted by molar-refractivity contribution is 5.86. The largest absolute Gasteiger partial charge is 0.554 e. The molecular formula is C36H41NO7. The Labute approximate surface area is 259 Å². The van der Waals surface area contributed by atoms with Crippen LogP contribution in [0.15, 0.2) is 91.0 Å². The Balaban J connectivity index is 0.00000123. The van der Waals surface area contributed by atoms with Crippen molar-refractivity contribution in [3.05, 3.63) is 108 Å². The fourth-order valence-electron chi connectivity index (χ4n) is 7.77. The quantitative estimate of drug-likeness (QED) is 0.157. The van der Waals surface area contributed by atoms with Crippen LogP contribution in [0.5, 0.6) is 0 Å². The highest BCUT2D eigenvalue weighted by atomic mass is 16.7. The second-order valence-corrected chi connectivity index (χ2v) is 12.0. The van der Waals surface area contributed by atoms with Gasteiger partial charge in [0.25, 0.3) is 0 Å². The van der Waals surface area contributed by atoms with Gasteiger partial charge in [-0.3, -0.25) is 4.79 Å². The van der Waals surface area contributed by atoms with Gasteiger partial charge in [-0.25, -0.2) is 4.79 Å². The van der Waals surface area contributed by atoms with Crippen LogP contribution >= 0.6 is 0 Å². The van der Waals surface area contributed by atoms with Gasteiger partial charge in [-0.1, -0.05) is 91.0 Å². The fraction of sp³-hybridized carbons (Fsp3) is 0.417. The lowest BCUT2D eigenvalue weighted by atomic mass is 9.85. The van der Waals surface area contributed by atoms with Crippen LogP contribution in [0.4, 0.5) is 0 Å². The molecule has 3 aromatic rings. The van der Waals surface area contributed by atoms with E-state index in [9.17, 15) is 9.59 Å². The van der Waals surface area contributed by atoms with Crippen molar-refractivity contribution in [2.75, 3.05) is 13.1 Å². The standard InChI is InChI=1S/C35H40NO5.CH2O2/c1-26(37)39-33(23-27-13-5-2-6-14-27)41-35(28-15-7-3-8-16-28,29-17-9-4-10-18-29)34(38)40-32-24-30-19-20-31(25-32)36(30)21-11-12-22-36;2-1-3/h2-10,13-18,30-33H,11-12,19-25H2,1H3;1H,(H,2,3)/q+1;/p-1. The van der Waals surface area contributed by atoms with Crippen LogP contribution < -0.4 is 5.11 Å². The summed E-state index contributed by atoms with van der Waals surface area (Å²) in [5, 5.41) is 8.25. The minimum Gasteiger partial charge on any atom is -0.554 e. The number of ether oxygens (including phenoxy) is 3. The Bertz CT molecular complexity index is 1320. The Morgan fingerprint density at radius 3 is 1.82 bits per heavy atom. The molecule has 0 aromatic heterocycles. The van der Waals surface area contributed by atoms with Gasteiger partial charge in [0, 0.05) is 58.3 Å². The fourth-order valence-corrected chi connectivity index (χ4v) is 7.77. The summed E-state index contributed by atoms with van der Waals surface area (Å²) in [5.41, 5.74) is 0.602. The molecule has 3 fully saturated rings. The lowest BCUT2D eigenvalue weighted by Gasteiger charge is -2.47. The van der Waals surface area contributed by atoms with E-state index in [0.717, 1.165) is 18.4 Å². The van der Waals surface area contributed by atoms with E-state index in [-0.39, 0.29) is 6.10 Å². The van der Waals surface area contributed by atoms with E-state index in [0.29, 0.717) is 29.6 Å². The van der Waals surface area contributed by atoms with Crippen LogP contribution in [0.3, 0.4) is 0 Å². The van der Waals surface area contributed by atoms with E-state index in [1.807, 2.05) is 91.0 Å². The predicted octanol–water partition coefficient (Wildman–Crippen LogP) is 4.29. The number of piperidine rings is 1. The molecule has 3 aliphatic heterocycles. The summed E-state index contributed by atoms with van der Waals surface area (Å²) in [5.74, 6) is -0.933. The molecule has 8 nitrogen and oxygen atoms in total. The van der Waals surface area contributed by atoms with Crippen LogP contribution in [-0.4, -0.2) is 60.5 Å². The molecule has 6 rings (SSSR count). The summed E-state index contributed by atoms with van der Waals surface area (Å²) in [6, 6.07) is 29.8. The first-order valence-corrected chi connectivity index (χ1v) is 15.5. The summed E-state index contributed by atoms with van der Waals surface area (Å²) in [4.78, 5) is 35.2. The van der Waals surface area contributed by atoms with E-state index in [4.69, 9.17) is 24.1 Å². The van der Waals surface area contributed by atoms with Crippen molar-refractivity contribution in [3.8, 4) is 0 Å². The number of quaternary nitrogens is 1. The summed E-state index contributed by atoms with van der Waals surface area (Å²) in [6.45, 7) is 3.39. The maximum Gasteiger partial charge on any atom is 0.348 e. The molecule has 0 aliphatic carbocycles. The van der Waals surface area contributed by atoms with Gasteiger partial charge in [-0.05, 0) is 16.7 Å². The maximum atomic E-state index is 14.7. The molecule has 3 heterocycles. The van der Waals surface area contributed by atoms with Gasteiger partial charge in [0.15, 0.2) is 0 Å². The smallest absolute Gasteiger partial charge is 0.348 e. The van der Waals surface area contributed by atoms with Crippen LogP contribution in [0.1, 0.15) is 62.1 Å². The Hall–Kier alpha value is -4.01. The monoisotopic (exact) mass is 599 g/mol. The summed E-state index contributed by atoms with van der Waals surface area (Å²) in [6.07, 6.45) is 5.92. The summed E-state index contributed by atoms with van der Waals surface area (Å²) < 4.78 is 20.2. The summed E-state index contributed by atoms with van der Waals surface area (Å²) in [7, 11) is 0. The highest BCUT2D eigenvalue weighted by Gasteiger charge is 2.57. The third kappa shape index (κ3) is 6.56. The molecular weight excluding hydrogens is 558 g/mol. The van der Waals surface area contributed by atoms with Gasteiger partial charge in [0.1, 0.15) is 6.10 Å². The molecule has 8 heteroatoms. The number of esters is 2. The van der Waals surface area contributed by atoms with Gasteiger partial charge in [-0.2, -0.15) is 0 Å². The van der Waals surface area contributed by atoms with Crippen molar-refractivity contribution >= 4 is 18.4 Å². The van der Waals surface area contributed by atoms with Crippen molar-refractivity contribution in [1.29, 1.82) is 0 Å². The van der Waals surface area contributed by atoms with Gasteiger partial charge in [0.2, 0.25) is 11.9 Å². The number of benzene rings is 3. The second-order valence-electron chi connectivity index (χ2n) is 12.0. The van der Waals surface area contributed by atoms with Crippen LogP contribution in [-0.2, 0) is 40.6 Å². The van der Waals surface area contributed by atoms with E-state index >= 15 is 0 Å². The zero-order chi connectivity index (χ0) is 31.0. The Morgan fingerprint density at radius 1 is 0.864 bits per heavy atom. The van der Waals surface area contributed by atoms with Gasteiger partial charge >= 0.3 is 11.9 Å².